The molecule has 0 saturated carbocycles. The van der Waals surface area contributed by atoms with Crippen molar-refractivity contribution in [2.75, 3.05) is 39.6 Å². The number of hydrogen-bond acceptors (Lipinski definition) is 15. The summed E-state index contributed by atoms with van der Waals surface area (Å²) in [6.45, 7) is 9.71. The molecule has 3 N–H and O–H groups in total. The molecule has 2 unspecified atom stereocenters. The molecule has 0 radical (unpaired) electrons. The van der Waals surface area contributed by atoms with Crippen molar-refractivity contribution in [3.63, 3.8) is 0 Å². The van der Waals surface area contributed by atoms with Crippen molar-refractivity contribution in [3.8, 4) is 0 Å². The van der Waals surface area contributed by atoms with E-state index >= 15 is 0 Å². The number of carbonyl (C=O) groups excluding carboxylic acids is 4. The second kappa shape index (κ2) is 74.5. The zero-order valence-corrected chi connectivity index (χ0v) is 68.7. The van der Waals surface area contributed by atoms with E-state index in [4.69, 9.17) is 37.0 Å². The molecule has 0 aliphatic carbocycles. The lowest BCUT2D eigenvalue weighted by Crippen LogP contribution is -2.30. The van der Waals surface area contributed by atoms with Crippen LogP contribution in [-0.4, -0.2) is 96.7 Å². The van der Waals surface area contributed by atoms with E-state index in [2.05, 4.69) is 41.5 Å². The fraction of sp³-hybridized carbons (Fsp3) is 0.952. The Hall–Kier alpha value is -1.94. The molecule has 0 spiro atoms. The highest BCUT2D eigenvalue weighted by Crippen LogP contribution is 2.45. The molecule has 0 bridgehead atoms. The number of rotatable bonds is 82. The van der Waals surface area contributed by atoms with Crippen molar-refractivity contribution in [2.24, 2.45) is 11.8 Å². The van der Waals surface area contributed by atoms with Crippen LogP contribution < -0.4 is 0 Å². The number of carbonyl (C=O) groups is 4. The maximum absolute atomic E-state index is 13.1. The molecule has 0 aromatic rings. The van der Waals surface area contributed by atoms with Crippen molar-refractivity contribution in [1.29, 1.82) is 0 Å². The second-order valence-corrected chi connectivity index (χ2v) is 33.7. The first-order valence-electron chi connectivity index (χ1n) is 43.0. The summed E-state index contributed by atoms with van der Waals surface area (Å²) >= 11 is 0. The average molecular weight is 1490 g/mol. The first-order chi connectivity index (χ1) is 49.4. The smallest absolute Gasteiger partial charge is 0.462 e. The van der Waals surface area contributed by atoms with Crippen molar-refractivity contribution >= 4 is 39.5 Å². The fourth-order valence-electron chi connectivity index (χ4n) is 12.9. The van der Waals surface area contributed by atoms with Crippen LogP contribution in [0.1, 0.15) is 440 Å². The Balaban J connectivity index is 5.25. The number of ether oxygens (including phenoxy) is 4. The lowest BCUT2D eigenvalue weighted by Gasteiger charge is -2.21. The summed E-state index contributed by atoms with van der Waals surface area (Å²) in [5.74, 6) is -0.494. The number of phosphoric ester groups is 2. The molecule has 0 fully saturated rings. The Morgan fingerprint density at radius 3 is 0.667 bits per heavy atom. The lowest BCUT2D eigenvalue weighted by atomic mass is 10.0. The van der Waals surface area contributed by atoms with Crippen LogP contribution in [0, 0.1) is 11.8 Å². The highest BCUT2D eigenvalue weighted by molar-refractivity contribution is 7.47. The molecular formula is C83H162O17P2. The van der Waals surface area contributed by atoms with E-state index in [0.29, 0.717) is 25.7 Å². The molecule has 0 aromatic carbocycles. The van der Waals surface area contributed by atoms with Crippen LogP contribution in [0.4, 0.5) is 0 Å². The molecule has 0 aromatic heterocycles. The first kappa shape index (κ1) is 100. The van der Waals surface area contributed by atoms with Crippen LogP contribution in [0.2, 0.25) is 0 Å². The molecular weight excluding hydrogens is 1330 g/mol. The van der Waals surface area contributed by atoms with Gasteiger partial charge in [-0.25, -0.2) is 9.13 Å². The maximum atomic E-state index is 13.1. The standard InChI is InChI=1S/C83H162O17P2/c1-7-9-11-13-15-17-19-21-30-37-43-49-55-61-67-82(87)99-78(71-93-80(85)65-59-53-47-41-35-20-18-16-14-12-10-8-2)73-97-101(89,90)95-69-77(84)70-96-102(91,92)98-74-79(72-94-81(86)66-60-54-48-42-36-31-27-26-29-34-40-46-52-58-64-76(5)6)100-83(88)68-62-56-50-44-38-32-25-23-22-24-28-33-39-45-51-57-63-75(3)4/h75-79,84H,7-74H2,1-6H3,(H,89,90)(H,91,92)/t77-,78+,79+/m0/s1. The van der Waals surface area contributed by atoms with Gasteiger partial charge in [0.2, 0.25) is 0 Å². The van der Waals surface area contributed by atoms with Crippen LogP contribution in [0.3, 0.4) is 0 Å². The highest BCUT2D eigenvalue weighted by atomic mass is 31.2. The van der Waals surface area contributed by atoms with E-state index in [-0.39, 0.29) is 25.7 Å². The van der Waals surface area contributed by atoms with Crippen LogP contribution in [0.15, 0.2) is 0 Å². The molecule has 19 heteroatoms. The minimum Gasteiger partial charge on any atom is -0.462 e. The molecule has 0 rings (SSSR count). The number of aliphatic hydroxyl groups excluding tert-OH is 1. The third kappa shape index (κ3) is 76.3. The number of phosphoric acid groups is 2. The van der Waals surface area contributed by atoms with Gasteiger partial charge in [-0.15, -0.1) is 0 Å². The molecule has 0 saturated heterocycles. The van der Waals surface area contributed by atoms with Crippen LogP contribution >= 0.6 is 15.6 Å². The van der Waals surface area contributed by atoms with Gasteiger partial charge in [0.25, 0.3) is 0 Å². The Labute approximate surface area is 626 Å². The molecule has 0 heterocycles. The van der Waals surface area contributed by atoms with E-state index in [1.165, 1.54) is 257 Å². The number of aliphatic hydroxyl groups is 1. The summed E-state index contributed by atoms with van der Waals surface area (Å²) in [5.41, 5.74) is 0. The van der Waals surface area contributed by atoms with Crippen molar-refractivity contribution in [3.05, 3.63) is 0 Å². The lowest BCUT2D eigenvalue weighted by molar-refractivity contribution is -0.161. The van der Waals surface area contributed by atoms with Crippen molar-refractivity contribution < 1.29 is 80.2 Å². The van der Waals surface area contributed by atoms with E-state index < -0.39 is 97.5 Å². The summed E-state index contributed by atoms with van der Waals surface area (Å²) in [6.07, 6.45) is 65.0. The summed E-state index contributed by atoms with van der Waals surface area (Å²) in [6, 6.07) is 0. The molecule has 5 atom stereocenters. The summed E-state index contributed by atoms with van der Waals surface area (Å²) in [7, 11) is -9.92. The number of esters is 4. The largest absolute Gasteiger partial charge is 0.472 e. The third-order valence-electron chi connectivity index (χ3n) is 19.5. The van der Waals surface area contributed by atoms with Gasteiger partial charge in [0.1, 0.15) is 19.3 Å². The SMILES string of the molecule is CCCCCCCCCCCCCCCCC(=O)O[C@H](COC(=O)CCCCCCCCCCCCCC)COP(=O)(O)OC[C@H](O)COP(=O)(O)OC[C@@H](COC(=O)CCCCCCCCCCCCCCCCC(C)C)OC(=O)CCCCCCCCCCCCCCCCCCC(C)C. The Morgan fingerprint density at radius 2 is 0.451 bits per heavy atom. The topological polar surface area (TPSA) is 237 Å². The molecule has 606 valence electrons. The minimum atomic E-state index is -4.96. The van der Waals surface area contributed by atoms with E-state index in [1.54, 1.807) is 0 Å². The Kier molecular flexibility index (Phi) is 73.1. The zero-order valence-electron chi connectivity index (χ0n) is 66.9. The average Bonchev–Trinajstić information content (AvgIpc) is 1.05. The van der Waals surface area contributed by atoms with Crippen LogP contribution in [0.25, 0.3) is 0 Å². The normalized spacial score (nSPS) is 13.9. The molecule has 102 heavy (non-hydrogen) atoms. The monoisotopic (exact) mass is 1490 g/mol. The molecule has 0 aliphatic rings. The quantitative estimate of drug-likeness (QED) is 0.0222. The van der Waals surface area contributed by atoms with Crippen LogP contribution in [-0.2, 0) is 65.4 Å². The highest BCUT2D eigenvalue weighted by Gasteiger charge is 2.30. The van der Waals surface area contributed by atoms with E-state index in [1.807, 2.05) is 0 Å². The maximum Gasteiger partial charge on any atom is 0.472 e. The summed E-state index contributed by atoms with van der Waals surface area (Å²) < 4.78 is 68.8. The van der Waals surface area contributed by atoms with Gasteiger partial charge < -0.3 is 33.8 Å². The van der Waals surface area contributed by atoms with Crippen LogP contribution in [0.5, 0.6) is 0 Å². The molecule has 0 aliphatic heterocycles. The van der Waals surface area contributed by atoms with Gasteiger partial charge in [0.15, 0.2) is 12.2 Å². The summed E-state index contributed by atoms with van der Waals surface area (Å²) in [5, 5.41) is 10.7. The third-order valence-corrected chi connectivity index (χ3v) is 21.4. The van der Waals surface area contributed by atoms with Crippen molar-refractivity contribution in [2.45, 2.75) is 458 Å². The molecule has 0 amide bonds. The van der Waals surface area contributed by atoms with Gasteiger partial charge in [0.05, 0.1) is 26.4 Å². The van der Waals surface area contributed by atoms with Gasteiger partial charge in [-0.05, 0) is 37.5 Å². The fourth-order valence-corrected chi connectivity index (χ4v) is 14.5. The Morgan fingerprint density at radius 1 is 0.265 bits per heavy atom. The Bertz CT molecular complexity index is 1960. The van der Waals surface area contributed by atoms with Gasteiger partial charge in [0, 0.05) is 25.7 Å². The first-order valence-corrected chi connectivity index (χ1v) is 46.0. The predicted molar refractivity (Wildman–Crippen MR) is 418 cm³/mol. The summed E-state index contributed by atoms with van der Waals surface area (Å²) in [4.78, 5) is 73.1. The number of hydrogen-bond donors (Lipinski definition) is 3. The zero-order chi connectivity index (χ0) is 74.9. The molecule has 17 nitrogen and oxygen atoms in total. The number of unbranched alkanes of at least 4 members (excludes halogenated alkanes) is 52. The van der Waals surface area contributed by atoms with E-state index in [0.717, 1.165) is 102 Å². The van der Waals surface area contributed by atoms with Gasteiger partial charge in [-0.3, -0.25) is 37.3 Å². The van der Waals surface area contributed by atoms with E-state index in [9.17, 15) is 43.2 Å². The van der Waals surface area contributed by atoms with Gasteiger partial charge in [-0.1, -0.05) is 388 Å². The minimum absolute atomic E-state index is 0.108. The van der Waals surface area contributed by atoms with Gasteiger partial charge >= 0.3 is 39.5 Å². The predicted octanol–water partition coefficient (Wildman–Crippen LogP) is 25.1. The van der Waals surface area contributed by atoms with Crippen molar-refractivity contribution in [1.82, 2.24) is 0 Å². The second-order valence-electron chi connectivity index (χ2n) is 30.8. The van der Waals surface area contributed by atoms with Gasteiger partial charge in [-0.2, -0.15) is 0 Å².